The lowest BCUT2D eigenvalue weighted by Crippen LogP contribution is -2.59. The molecule has 0 saturated carbocycles. The number of methoxy groups -OCH3 is 1. The summed E-state index contributed by atoms with van der Waals surface area (Å²) < 4.78 is 10.2. The van der Waals surface area contributed by atoms with Crippen LogP contribution in [0.5, 0.6) is 0 Å². The Morgan fingerprint density at radius 1 is 0.523 bits per heavy atom. The summed E-state index contributed by atoms with van der Waals surface area (Å²) in [5.74, 6) is -4.58. The van der Waals surface area contributed by atoms with Crippen LogP contribution in [0.4, 0.5) is 4.79 Å². The number of hydrogen-bond acceptors (Lipinski definition) is 11. The fourth-order valence-corrected chi connectivity index (χ4v) is 6.48. The van der Waals surface area contributed by atoms with Crippen LogP contribution in [0.25, 0.3) is 22.3 Å². The maximum Gasteiger partial charge on any atom is 0.408 e. The van der Waals surface area contributed by atoms with Crippen LogP contribution in [-0.4, -0.2) is 101 Å². The summed E-state index contributed by atoms with van der Waals surface area (Å²) in [6.07, 6.45) is 6.08. The van der Waals surface area contributed by atoms with Crippen molar-refractivity contribution in [2.75, 3.05) is 7.11 Å². The molecular weight excluding hydrogens is 833 g/mol. The van der Waals surface area contributed by atoms with Gasteiger partial charge in [0.25, 0.3) is 0 Å². The van der Waals surface area contributed by atoms with Crippen LogP contribution in [0.2, 0.25) is 0 Å². The van der Waals surface area contributed by atoms with E-state index in [1.54, 1.807) is 59.4 Å². The average molecular weight is 893 g/mol. The van der Waals surface area contributed by atoms with Gasteiger partial charge in [-0.15, -0.1) is 0 Å². The first-order valence-corrected chi connectivity index (χ1v) is 21.3. The Balaban J connectivity index is 1.41. The molecule has 6 N–H and O–H groups in total. The molecule has 65 heavy (non-hydrogen) atoms. The van der Waals surface area contributed by atoms with E-state index >= 15 is 0 Å². The summed E-state index contributed by atoms with van der Waals surface area (Å²) in [7, 11) is 1.19. The number of benzene rings is 2. The fourth-order valence-electron chi connectivity index (χ4n) is 6.48. The summed E-state index contributed by atoms with van der Waals surface area (Å²) in [5.41, 5.74) is 4.18. The lowest BCUT2D eigenvalue weighted by molar-refractivity contribution is -0.144. The standard InChI is InChI=1S/C48H60N8O9/c1-28(2)40(56-42(58)30(4)51-44(60)39(55-47(63)65-48(6,7)8)25-33-16-20-35(21-17-33)37-13-11-23-50-27-37)45(61)52-29(3)41(57)54-38(43(59)53-31(5)46(62)64-9)24-32-14-18-34(19-15-32)36-12-10-22-49-26-36/h10-23,26-31,38-40H,24-25H2,1-9H3,(H,51,60)(H,52,61)(H,53,59)(H,54,57)(H,55,63)(H,56,58)/t29-,30-,31-,38-,39-,40-/m0/s1. The molecule has 17 heteroatoms. The van der Waals surface area contributed by atoms with Crippen molar-refractivity contribution in [2.24, 2.45) is 5.92 Å². The summed E-state index contributed by atoms with van der Waals surface area (Å²) in [6.45, 7) is 12.8. The van der Waals surface area contributed by atoms with Crippen molar-refractivity contribution in [1.82, 2.24) is 41.9 Å². The summed E-state index contributed by atoms with van der Waals surface area (Å²) in [5, 5.41) is 15.8. The highest BCUT2D eigenvalue weighted by molar-refractivity contribution is 5.96. The normalized spacial score (nSPS) is 13.9. The predicted molar refractivity (Wildman–Crippen MR) is 243 cm³/mol. The van der Waals surface area contributed by atoms with E-state index < -0.39 is 89.4 Å². The molecule has 0 saturated heterocycles. The molecule has 0 aliphatic rings. The number of rotatable bonds is 19. The van der Waals surface area contributed by atoms with Crippen molar-refractivity contribution in [3.8, 4) is 22.3 Å². The Morgan fingerprint density at radius 3 is 1.37 bits per heavy atom. The second kappa shape index (κ2) is 23.5. The first-order chi connectivity index (χ1) is 30.7. The molecule has 2 aromatic carbocycles. The van der Waals surface area contributed by atoms with E-state index in [1.165, 1.54) is 27.9 Å². The van der Waals surface area contributed by atoms with Gasteiger partial charge in [-0.1, -0.05) is 74.5 Å². The Hall–Kier alpha value is -7.17. The van der Waals surface area contributed by atoms with Crippen LogP contribution >= 0.6 is 0 Å². The van der Waals surface area contributed by atoms with Crippen molar-refractivity contribution in [3.05, 3.63) is 109 Å². The second-order valence-corrected chi connectivity index (χ2v) is 17.0. The average Bonchev–Trinajstić information content (AvgIpc) is 3.27. The smallest absolute Gasteiger partial charge is 0.408 e. The number of ether oxygens (including phenoxy) is 2. The Labute approximate surface area is 379 Å². The van der Waals surface area contributed by atoms with E-state index in [2.05, 4.69) is 41.9 Å². The molecule has 0 unspecified atom stereocenters. The molecule has 346 valence electrons. The molecule has 2 heterocycles. The molecular formula is C48H60N8O9. The third-order valence-electron chi connectivity index (χ3n) is 10.1. The monoisotopic (exact) mass is 892 g/mol. The van der Waals surface area contributed by atoms with Crippen molar-refractivity contribution < 1.29 is 43.0 Å². The quantitative estimate of drug-likeness (QED) is 0.0741. The number of nitrogens with zero attached hydrogens (tertiary/aromatic N) is 2. The van der Waals surface area contributed by atoms with Gasteiger partial charge in [-0.2, -0.15) is 0 Å². The highest BCUT2D eigenvalue weighted by Crippen LogP contribution is 2.21. The minimum absolute atomic E-state index is 0.0420. The lowest BCUT2D eigenvalue weighted by atomic mass is 10.0. The molecule has 0 spiro atoms. The molecule has 0 radical (unpaired) electrons. The van der Waals surface area contributed by atoms with Crippen LogP contribution in [0.3, 0.4) is 0 Å². The molecule has 4 rings (SSSR count). The number of hydrogen-bond donors (Lipinski definition) is 6. The second-order valence-electron chi connectivity index (χ2n) is 17.0. The highest BCUT2D eigenvalue weighted by Gasteiger charge is 2.33. The van der Waals surface area contributed by atoms with Gasteiger partial charge in [0.1, 0.15) is 41.9 Å². The Bertz CT molecular complexity index is 2250. The van der Waals surface area contributed by atoms with Gasteiger partial charge in [0.05, 0.1) is 7.11 Å². The number of carbonyl (C=O) groups is 7. The zero-order valence-electron chi connectivity index (χ0n) is 38.3. The van der Waals surface area contributed by atoms with Gasteiger partial charge < -0.3 is 41.4 Å². The van der Waals surface area contributed by atoms with Crippen molar-refractivity contribution in [2.45, 2.75) is 110 Å². The molecule has 0 aliphatic carbocycles. The molecule has 0 bridgehead atoms. The third-order valence-corrected chi connectivity index (χ3v) is 10.1. The van der Waals surface area contributed by atoms with Gasteiger partial charge in [-0.05, 0) is 93.0 Å². The van der Waals surface area contributed by atoms with E-state index in [0.29, 0.717) is 5.56 Å². The van der Waals surface area contributed by atoms with Crippen LogP contribution < -0.4 is 31.9 Å². The molecule has 4 aromatic rings. The maximum atomic E-state index is 13.7. The lowest BCUT2D eigenvalue weighted by Gasteiger charge is -2.27. The number of esters is 1. The Morgan fingerprint density at radius 2 is 0.954 bits per heavy atom. The molecule has 6 atom stereocenters. The number of carbonyl (C=O) groups excluding carboxylic acids is 7. The third kappa shape index (κ3) is 15.8. The summed E-state index contributed by atoms with van der Waals surface area (Å²) in [6, 6.07) is 15.4. The van der Waals surface area contributed by atoms with Crippen LogP contribution in [-0.2, 0) is 51.1 Å². The SMILES string of the molecule is COC(=O)[C@H](C)NC(=O)[C@H](Cc1ccc(-c2cccnc2)cc1)NC(=O)[C@H](C)NC(=O)[C@@H](NC(=O)[C@H](C)NC(=O)[C@H](Cc1ccc(-c2cccnc2)cc1)NC(=O)OC(C)(C)C)C(C)C. The van der Waals surface area contributed by atoms with Gasteiger partial charge in [0, 0.05) is 37.6 Å². The van der Waals surface area contributed by atoms with Crippen LogP contribution in [0.1, 0.15) is 66.5 Å². The highest BCUT2D eigenvalue weighted by atomic mass is 16.6. The number of nitrogens with one attached hydrogen (secondary N) is 6. The van der Waals surface area contributed by atoms with E-state index in [-0.39, 0.29) is 12.8 Å². The van der Waals surface area contributed by atoms with E-state index in [0.717, 1.165) is 27.8 Å². The number of aromatic nitrogens is 2. The minimum Gasteiger partial charge on any atom is -0.467 e. The number of amides is 6. The largest absolute Gasteiger partial charge is 0.467 e. The fraction of sp³-hybridized carbons (Fsp3) is 0.396. The van der Waals surface area contributed by atoms with E-state index in [4.69, 9.17) is 9.47 Å². The van der Waals surface area contributed by atoms with Crippen LogP contribution in [0, 0.1) is 5.92 Å². The number of alkyl carbamates (subject to hydrolysis) is 1. The zero-order valence-corrected chi connectivity index (χ0v) is 38.3. The van der Waals surface area contributed by atoms with Crippen molar-refractivity contribution in [1.29, 1.82) is 0 Å². The van der Waals surface area contributed by atoms with Crippen molar-refractivity contribution in [3.63, 3.8) is 0 Å². The van der Waals surface area contributed by atoms with E-state index in [9.17, 15) is 33.6 Å². The first-order valence-electron chi connectivity index (χ1n) is 21.3. The summed E-state index contributed by atoms with van der Waals surface area (Å²) >= 11 is 0. The van der Waals surface area contributed by atoms with Gasteiger partial charge in [-0.25, -0.2) is 9.59 Å². The minimum atomic E-state index is -1.18. The first kappa shape index (κ1) is 50.5. The van der Waals surface area contributed by atoms with Gasteiger partial charge >= 0.3 is 12.1 Å². The topological polar surface area (TPSA) is 236 Å². The van der Waals surface area contributed by atoms with Crippen molar-refractivity contribution >= 4 is 41.6 Å². The molecule has 17 nitrogen and oxygen atoms in total. The molecule has 0 aliphatic heterocycles. The molecule has 6 amide bonds. The van der Waals surface area contributed by atoms with E-state index in [1.807, 2.05) is 72.8 Å². The van der Waals surface area contributed by atoms with Crippen LogP contribution in [0.15, 0.2) is 97.6 Å². The summed E-state index contributed by atoms with van der Waals surface area (Å²) in [4.78, 5) is 101. The Kier molecular flexibility index (Phi) is 18.2. The maximum absolute atomic E-state index is 13.7. The van der Waals surface area contributed by atoms with Gasteiger partial charge in [-0.3, -0.25) is 33.9 Å². The predicted octanol–water partition coefficient (Wildman–Crippen LogP) is 3.80. The zero-order chi connectivity index (χ0) is 47.8. The number of pyridine rings is 2. The van der Waals surface area contributed by atoms with Gasteiger partial charge in [0.15, 0.2) is 0 Å². The molecule has 2 aromatic heterocycles. The van der Waals surface area contributed by atoms with Gasteiger partial charge in [0.2, 0.25) is 29.5 Å². The molecule has 0 fully saturated rings.